The van der Waals surface area contributed by atoms with E-state index in [0.29, 0.717) is 30.6 Å². The number of methoxy groups -OCH3 is 1. The van der Waals surface area contributed by atoms with E-state index in [9.17, 15) is 9.90 Å². The van der Waals surface area contributed by atoms with Crippen LogP contribution in [0.15, 0.2) is 28.9 Å². The lowest BCUT2D eigenvalue weighted by Crippen LogP contribution is -2.48. The lowest BCUT2D eigenvalue weighted by Gasteiger charge is -2.38. The highest BCUT2D eigenvalue weighted by Gasteiger charge is 2.36. The maximum Gasteiger partial charge on any atom is 0.274 e. The summed E-state index contributed by atoms with van der Waals surface area (Å²) in [5, 5.41) is 16.6. The number of rotatable bonds is 7. The maximum atomic E-state index is 12.7. The Morgan fingerprint density at radius 1 is 1.48 bits per heavy atom. The number of hydrogen-bond acceptors (Lipinski definition) is 6. The molecule has 0 radical (unpaired) electrons. The number of aliphatic hydroxyl groups excluding tert-OH is 1. The van der Waals surface area contributed by atoms with Crippen LogP contribution in [0.3, 0.4) is 0 Å². The number of carbonyl (C=O) groups is 1. The van der Waals surface area contributed by atoms with Gasteiger partial charge in [0.25, 0.3) is 5.91 Å². The highest BCUT2D eigenvalue weighted by molar-refractivity contribution is 5.94. The van der Waals surface area contributed by atoms with Crippen molar-refractivity contribution in [2.24, 2.45) is 5.92 Å². The molecule has 1 aliphatic rings. The first-order valence-corrected chi connectivity index (χ1v) is 8.41. The van der Waals surface area contributed by atoms with Crippen LogP contribution in [0.25, 0.3) is 0 Å². The van der Waals surface area contributed by atoms with Gasteiger partial charge in [-0.15, -0.1) is 0 Å². The Morgan fingerprint density at radius 2 is 2.28 bits per heavy atom. The van der Waals surface area contributed by atoms with Crippen LogP contribution < -0.4 is 5.32 Å². The molecule has 1 atom stereocenters. The lowest BCUT2D eigenvalue weighted by molar-refractivity contribution is 0.0236. The average molecular weight is 345 g/mol. The fourth-order valence-electron chi connectivity index (χ4n) is 3.16. The molecule has 2 aromatic rings. The molecular weight excluding hydrogens is 322 g/mol. The molecule has 0 saturated heterocycles. The number of nitrogens with one attached hydrogen (secondary N) is 1. The van der Waals surface area contributed by atoms with Crippen molar-refractivity contribution >= 4 is 5.91 Å². The zero-order chi connectivity index (χ0) is 17.8. The second-order valence-electron chi connectivity index (χ2n) is 6.49. The molecule has 2 aromatic heterocycles. The molecule has 0 bridgehead atoms. The zero-order valence-corrected chi connectivity index (χ0v) is 14.4. The molecule has 1 amide bonds. The van der Waals surface area contributed by atoms with Crippen molar-refractivity contribution in [3.8, 4) is 0 Å². The molecule has 7 heteroatoms. The van der Waals surface area contributed by atoms with E-state index in [1.54, 1.807) is 20.2 Å². The van der Waals surface area contributed by atoms with Crippen molar-refractivity contribution in [3.63, 3.8) is 0 Å². The minimum absolute atomic E-state index is 0.113. The Kier molecular flexibility index (Phi) is 5.45. The molecule has 2 heterocycles. The fraction of sp³-hybridized carbons (Fsp3) is 0.500. The van der Waals surface area contributed by atoms with Gasteiger partial charge in [0, 0.05) is 31.5 Å². The van der Waals surface area contributed by atoms with Gasteiger partial charge in [0.15, 0.2) is 5.69 Å². The third-order valence-corrected chi connectivity index (χ3v) is 4.68. The Hall–Kier alpha value is -2.25. The standard InChI is InChI=1S/C18H23N3O4/c1-11-15(10-24-2)17(21-25-11)18(23)20-16(12-7-14(22)8-12)9-13-5-3-4-6-19-13/h3-6,12,14,16,22H,7-10H2,1-2H3,(H,20,23). The molecule has 3 rings (SSSR count). The molecule has 7 nitrogen and oxygen atoms in total. The summed E-state index contributed by atoms with van der Waals surface area (Å²) in [7, 11) is 1.56. The van der Waals surface area contributed by atoms with E-state index < -0.39 is 0 Å². The molecule has 1 saturated carbocycles. The second-order valence-corrected chi connectivity index (χ2v) is 6.49. The lowest BCUT2D eigenvalue weighted by atomic mass is 9.76. The van der Waals surface area contributed by atoms with Gasteiger partial charge in [0.2, 0.25) is 0 Å². The van der Waals surface area contributed by atoms with Crippen LogP contribution in [0.4, 0.5) is 0 Å². The first kappa shape index (κ1) is 17.6. The minimum atomic E-state index is -0.286. The predicted molar refractivity (Wildman–Crippen MR) is 89.9 cm³/mol. The smallest absolute Gasteiger partial charge is 0.274 e. The van der Waals surface area contributed by atoms with Gasteiger partial charge in [0.05, 0.1) is 18.3 Å². The first-order chi connectivity index (χ1) is 12.1. The molecule has 1 aliphatic carbocycles. The highest BCUT2D eigenvalue weighted by Crippen LogP contribution is 2.31. The summed E-state index contributed by atoms with van der Waals surface area (Å²) in [6.07, 6.45) is 3.43. The number of aryl methyl sites for hydroxylation is 1. The zero-order valence-electron chi connectivity index (χ0n) is 14.4. The number of aromatic nitrogens is 2. The first-order valence-electron chi connectivity index (χ1n) is 8.41. The van der Waals surface area contributed by atoms with Gasteiger partial charge in [-0.3, -0.25) is 9.78 Å². The SMILES string of the molecule is COCc1c(C(=O)NC(Cc2ccccn2)C2CC(O)C2)noc1C. The van der Waals surface area contributed by atoms with Crippen molar-refractivity contribution in [1.29, 1.82) is 0 Å². The van der Waals surface area contributed by atoms with E-state index in [1.807, 2.05) is 18.2 Å². The summed E-state index contributed by atoms with van der Waals surface area (Å²) in [6.45, 7) is 2.02. The van der Waals surface area contributed by atoms with Gasteiger partial charge in [-0.2, -0.15) is 0 Å². The van der Waals surface area contributed by atoms with Gasteiger partial charge >= 0.3 is 0 Å². The average Bonchev–Trinajstić information content (AvgIpc) is 2.94. The Morgan fingerprint density at radius 3 is 2.92 bits per heavy atom. The number of nitrogens with zero attached hydrogens (tertiary/aromatic N) is 2. The minimum Gasteiger partial charge on any atom is -0.393 e. The van der Waals surface area contributed by atoms with Gasteiger partial charge in [-0.25, -0.2) is 0 Å². The molecule has 0 aromatic carbocycles. The quantitative estimate of drug-likeness (QED) is 0.792. The number of ether oxygens (including phenoxy) is 1. The molecule has 25 heavy (non-hydrogen) atoms. The maximum absolute atomic E-state index is 12.7. The number of amides is 1. The number of hydrogen-bond donors (Lipinski definition) is 2. The van der Waals surface area contributed by atoms with Crippen LogP contribution >= 0.6 is 0 Å². The number of pyridine rings is 1. The molecule has 1 fully saturated rings. The van der Waals surface area contributed by atoms with Crippen LogP contribution in [-0.4, -0.2) is 40.4 Å². The largest absolute Gasteiger partial charge is 0.393 e. The summed E-state index contributed by atoms with van der Waals surface area (Å²) in [4.78, 5) is 17.0. The van der Waals surface area contributed by atoms with Crippen molar-refractivity contribution in [2.45, 2.75) is 44.9 Å². The van der Waals surface area contributed by atoms with Crippen LogP contribution in [-0.2, 0) is 17.8 Å². The van der Waals surface area contributed by atoms with Crippen LogP contribution in [0.5, 0.6) is 0 Å². The Labute approximate surface area is 146 Å². The molecule has 134 valence electrons. The molecule has 1 unspecified atom stereocenters. The molecular formula is C18H23N3O4. The topological polar surface area (TPSA) is 97.5 Å². The predicted octanol–water partition coefficient (Wildman–Crippen LogP) is 1.64. The van der Waals surface area contributed by atoms with E-state index in [0.717, 1.165) is 5.69 Å². The van der Waals surface area contributed by atoms with E-state index in [-0.39, 0.29) is 36.3 Å². The number of carbonyl (C=O) groups excluding carboxylic acids is 1. The summed E-state index contributed by atoms with van der Waals surface area (Å²) in [6, 6.07) is 5.61. The van der Waals surface area contributed by atoms with Crippen molar-refractivity contribution in [1.82, 2.24) is 15.5 Å². The Balaban J connectivity index is 1.74. The van der Waals surface area contributed by atoms with Crippen LogP contribution in [0, 0.1) is 12.8 Å². The van der Waals surface area contributed by atoms with E-state index in [1.165, 1.54) is 0 Å². The summed E-state index contributed by atoms with van der Waals surface area (Å²) >= 11 is 0. The van der Waals surface area contributed by atoms with Gasteiger partial charge < -0.3 is 19.7 Å². The van der Waals surface area contributed by atoms with Crippen LogP contribution in [0.2, 0.25) is 0 Å². The van der Waals surface area contributed by atoms with Crippen LogP contribution in [0.1, 0.15) is 40.3 Å². The fourth-order valence-corrected chi connectivity index (χ4v) is 3.16. The molecule has 0 aliphatic heterocycles. The highest BCUT2D eigenvalue weighted by atomic mass is 16.5. The summed E-state index contributed by atoms with van der Waals surface area (Å²) < 4.78 is 10.3. The van der Waals surface area contributed by atoms with Gasteiger partial charge in [-0.05, 0) is 37.8 Å². The normalized spacial score (nSPS) is 20.8. The third-order valence-electron chi connectivity index (χ3n) is 4.68. The molecule has 0 spiro atoms. The Bertz CT molecular complexity index is 710. The third kappa shape index (κ3) is 4.05. The number of aliphatic hydroxyl groups is 1. The van der Waals surface area contributed by atoms with E-state index in [2.05, 4.69) is 15.5 Å². The van der Waals surface area contributed by atoms with E-state index in [4.69, 9.17) is 9.26 Å². The second kappa shape index (κ2) is 7.76. The summed E-state index contributed by atoms with van der Waals surface area (Å²) in [5.41, 5.74) is 1.82. The monoisotopic (exact) mass is 345 g/mol. The van der Waals surface area contributed by atoms with Crippen molar-refractivity contribution in [3.05, 3.63) is 47.1 Å². The van der Waals surface area contributed by atoms with E-state index >= 15 is 0 Å². The van der Waals surface area contributed by atoms with Gasteiger partial charge in [-0.1, -0.05) is 11.2 Å². The van der Waals surface area contributed by atoms with Crippen molar-refractivity contribution < 1.29 is 19.2 Å². The molecule has 2 N–H and O–H groups in total. The van der Waals surface area contributed by atoms with Gasteiger partial charge in [0.1, 0.15) is 5.76 Å². The van der Waals surface area contributed by atoms with Crippen molar-refractivity contribution in [2.75, 3.05) is 7.11 Å². The summed E-state index contributed by atoms with van der Waals surface area (Å²) in [5.74, 6) is 0.512.